The van der Waals surface area contributed by atoms with Gasteiger partial charge in [0.15, 0.2) is 0 Å². The van der Waals surface area contributed by atoms with E-state index in [2.05, 4.69) is 11.9 Å². The molecule has 1 aliphatic rings. The fourth-order valence-corrected chi connectivity index (χ4v) is 2.71. The van der Waals surface area contributed by atoms with E-state index in [9.17, 15) is 4.79 Å². The number of benzene rings is 1. The molecule has 1 unspecified atom stereocenters. The SMILES string of the molecule is CCC1COCCN1C(=O)c1cc2cccc(N)c2[nH]1. The zero-order valence-electron chi connectivity index (χ0n) is 11.6. The van der Waals surface area contributed by atoms with E-state index in [1.165, 1.54) is 0 Å². The molecule has 3 N–H and O–H groups in total. The van der Waals surface area contributed by atoms with Crippen molar-refractivity contribution in [2.75, 3.05) is 25.5 Å². The number of hydrogen-bond donors (Lipinski definition) is 2. The Kier molecular flexibility index (Phi) is 3.36. The minimum Gasteiger partial charge on any atom is -0.397 e. The van der Waals surface area contributed by atoms with Gasteiger partial charge in [0, 0.05) is 11.9 Å². The van der Waals surface area contributed by atoms with Gasteiger partial charge in [-0.2, -0.15) is 0 Å². The standard InChI is InChI=1S/C15H19N3O2/c1-2-11-9-20-7-6-18(11)15(19)13-8-10-4-3-5-12(16)14(10)17-13/h3-5,8,11,17H,2,6-7,9,16H2,1H3. The van der Waals surface area contributed by atoms with Crippen LogP contribution < -0.4 is 5.73 Å². The van der Waals surface area contributed by atoms with E-state index >= 15 is 0 Å². The van der Waals surface area contributed by atoms with Gasteiger partial charge in [-0.1, -0.05) is 19.1 Å². The van der Waals surface area contributed by atoms with Gasteiger partial charge >= 0.3 is 0 Å². The van der Waals surface area contributed by atoms with Gasteiger partial charge in [0.2, 0.25) is 0 Å². The molecule has 0 spiro atoms. The summed E-state index contributed by atoms with van der Waals surface area (Å²) in [6.45, 7) is 3.93. The van der Waals surface area contributed by atoms with Crippen molar-refractivity contribution in [1.82, 2.24) is 9.88 Å². The molecule has 5 nitrogen and oxygen atoms in total. The Morgan fingerprint density at radius 2 is 2.40 bits per heavy atom. The normalized spacial score (nSPS) is 19.4. The van der Waals surface area contributed by atoms with Gasteiger partial charge in [0.05, 0.1) is 30.5 Å². The molecular formula is C15H19N3O2. The number of amides is 1. The van der Waals surface area contributed by atoms with E-state index in [-0.39, 0.29) is 11.9 Å². The van der Waals surface area contributed by atoms with Crippen molar-refractivity contribution in [2.24, 2.45) is 0 Å². The third-order valence-corrected chi connectivity index (χ3v) is 3.88. The number of carbonyl (C=O) groups excluding carboxylic acids is 1. The molecule has 1 aromatic carbocycles. The van der Waals surface area contributed by atoms with Crippen LogP contribution in [0.4, 0.5) is 5.69 Å². The molecule has 2 aromatic rings. The molecule has 1 saturated heterocycles. The zero-order valence-corrected chi connectivity index (χ0v) is 11.6. The number of para-hydroxylation sites is 1. The van der Waals surface area contributed by atoms with Crippen LogP contribution in [-0.4, -0.2) is 41.6 Å². The number of rotatable bonds is 2. The highest BCUT2D eigenvalue weighted by atomic mass is 16.5. The summed E-state index contributed by atoms with van der Waals surface area (Å²) in [7, 11) is 0. The highest BCUT2D eigenvalue weighted by molar-refractivity contribution is 6.01. The fourth-order valence-electron chi connectivity index (χ4n) is 2.71. The van der Waals surface area contributed by atoms with Crippen molar-refractivity contribution in [3.8, 4) is 0 Å². The summed E-state index contributed by atoms with van der Waals surface area (Å²) in [5.41, 5.74) is 8.01. The van der Waals surface area contributed by atoms with Crippen LogP contribution in [0.2, 0.25) is 0 Å². The van der Waals surface area contributed by atoms with Crippen molar-refractivity contribution < 1.29 is 9.53 Å². The molecule has 0 radical (unpaired) electrons. The van der Waals surface area contributed by atoms with E-state index in [1.807, 2.05) is 29.2 Å². The molecule has 1 aliphatic heterocycles. The predicted molar refractivity (Wildman–Crippen MR) is 78.6 cm³/mol. The van der Waals surface area contributed by atoms with Crippen LogP contribution in [0.3, 0.4) is 0 Å². The van der Waals surface area contributed by atoms with Crippen LogP contribution in [0.5, 0.6) is 0 Å². The summed E-state index contributed by atoms with van der Waals surface area (Å²) in [4.78, 5) is 17.7. The molecule has 0 saturated carbocycles. The largest absolute Gasteiger partial charge is 0.397 e. The minimum atomic E-state index is 0.0238. The lowest BCUT2D eigenvalue weighted by Gasteiger charge is -2.34. The maximum Gasteiger partial charge on any atom is 0.270 e. The third kappa shape index (κ3) is 2.14. The number of carbonyl (C=O) groups is 1. The highest BCUT2D eigenvalue weighted by Gasteiger charge is 2.27. The predicted octanol–water partition coefficient (Wildman–Crippen LogP) is 2.00. The molecule has 0 bridgehead atoms. The lowest BCUT2D eigenvalue weighted by atomic mass is 10.1. The van der Waals surface area contributed by atoms with Crippen LogP contribution in [0, 0.1) is 0 Å². The first-order valence-corrected chi connectivity index (χ1v) is 6.96. The maximum atomic E-state index is 12.6. The quantitative estimate of drug-likeness (QED) is 0.822. The fraction of sp³-hybridized carbons (Fsp3) is 0.400. The summed E-state index contributed by atoms with van der Waals surface area (Å²) in [6.07, 6.45) is 0.897. The second kappa shape index (κ2) is 5.17. The maximum absolute atomic E-state index is 12.6. The van der Waals surface area contributed by atoms with Crippen LogP contribution in [0.25, 0.3) is 10.9 Å². The van der Waals surface area contributed by atoms with Gasteiger partial charge in [-0.15, -0.1) is 0 Å². The number of nitrogens with one attached hydrogen (secondary N) is 1. The summed E-state index contributed by atoms with van der Waals surface area (Å²) in [5.74, 6) is 0.0238. The number of morpholine rings is 1. The lowest BCUT2D eigenvalue weighted by Crippen LogP contribution is -2.48. The van der Waals surface area contributed by atoms with Gasteiger partial charge in [0.1, 0.15) is 5.69 Å². The second-order valence-electron chi connectivity index (χ2n) is 5.13. The molecule has 3 rings (SSSR count). The van der Waals surface area contributed by atoms with Crippen LogP contribution >= 0.6 is 0 Å². The van der Waals surface area contributed by atoms with Gasteiger partial charge in [-0.05, 0) is 18.6 Å². The van der Waals surface area contributed by atoms with Crippen molar-refractivity contribution in [3.05, 3.63) is 30.0 Å². The molecule has 0 aliphatic carbocycles. The summed E-state index contributed by atoms with van der Waals surface area (Å²) < 4.78 is 5.44. The summed E-state index contributed by atoms with van der Waals surface area (Å²) >= 11 is 0. The number of hydrogen-bond acceptors (Lipinski definition) is 3. The van der Waals surface area contributed by atoms with Crippen molar-refractivity contribution in [3.63, 3.8) is 0 Å². The number of ether oxygens (including phenoxy) is 1. The number of aromatic amines is 1. The Morgan fingerprint density at radius 1 is 1.55 bits per heavy atom. The third-order valence-electron chi connectivity index (χ3n) is 3.88. The second-order valence-corrected chi connectivity index (χ2v) is 5.13. The van der Waals surface area contributed by atoms with Gasteiger partial charge < -0.3 is 20.4 Å². The summed E-state index contributed by atoms with van der Waals surface area (Å²) in [5, 5.41) is 0.967. The van der Waals surface area contributed by atoms with Crippen molar-refractivity contribution in [2.45, 2.75) is 19.4 Å². The number of nitrogens with two attached hydrogens (primary N) is 1. The molecule has 1 amide bonds. The Hall–Kier alpha value is -2.01. The number of nitrogens with zero attached hydrogens (tertiary/aromatic N) is 1. The van der Waals surface area contributed by atoms with Crippen LogP contribution in [-0.2, 0) is 4.74 Å². The van der Waals surface area contributed by atoms with E-state index in [4.69, 9.17) is 10.5 Å². The Labute approximate surface area is 117 Å². The molecule has 1 fully saturated rings. The Bertz CT molecular complexity index is 635. The number of aromatic nitrogens is 1. The molecule has 106 valence electrons. The van der Waals surface area contributed by atoms with E-state index in [0.717, 1.165) is 17.3 Å². The van der Waals surface area contributed by atoms with Crippen LogP contribution in [0.15, 0.2) is 24.3 Å². The van der Waals surface area contributed by atoms with E-state index in [0.29, 0.717) is 31.1 Å². The smallest absolute Gasteiger partial charge is 0.270 e. The molecule has 20 heavy (non-hydrogen) atoms. The Balaban J connectivity index is 1.93. The van der Waals surface area contributed by atoms with Gasteiger partial charge in [0.25, 0.3) is 5.91 Å². The van der Waals surface area contributed by atoms with Crippen LogP contribution in [0.1, 0.15) is 23.8 Å². The topological polar surface area (TPSA) is 71.3 Å². The van der Waals surface area contributed by atoms with E-state index < -0.39 is 0 Å². The first-order chi connectivity index (χ1) is 9.70. The average molecular weight is 273 g/mol. The van der Waals surface area contributed by atoms with Gasteiger partial charge in [-0.25, -0.2) is 0 Å². The minimum absolute atomic E-state index is 0.0238. The van der Waals surface area contributed by atoms with Crippen molar-refractivity contribution >= 4 is 22.5 Å². The number of nitrogen functional groups attached to an aromatic ring is 1. The summed E-state index contributed by atoms with van der Waals surface area (Å²) in [6, 6.07) is 7.70. The molecule has 2 heterocycles. The lowest BCUT2D eigenvalue weighted by molar-refractivity contribution is -0.00305. The number of H-pyrrole nitrogens is 1. The highest BCUT2D eigenvalue weighted by Crippen LogP contribution is 2.23. The monoisotopic (exact) mass is 273 g/mol. The van der Waals surface area contributed by atoms with Gasteiger partial charge in [-0.3, -0.25) is 4.79 Å². The molecule has 5 heteroatoms. The molecule has 1 atom stereocenters. The number of fused-ring (bicyclic) bond motifs is 1. The molecule has 1 aromatic heterocycles. The first kappa shape index (κ1) is 13.0. The average Bonchev–Trinajstić information content (AvgIpc) is 2.92. The van der Waals surface area contributed by atoms with E-state index in [1.54, 1.807) is 0 Å². The first-order valence-electron chi connectivity index (χ1n) is 6.96. The zero-order chi connectivity index (χ0) is 14.1. The van der Waals surface area contributed by atoms with Crippen molar-refractivity contribution in [1.29, 1.82) is 0 Å². The molecular weight excluding hydrogens is 254 g/mol. The number of anilines is 1. The Morgan fingerprint density at radius 3 is 3.15 bits per heavy atom.